The van der Waals surface area contributed by atoms with Gasteiger partial charge in [0.05, 0.1) is 0 Å². The molecule has 0 saturated carbocycles. The molecule has 0 N–H and O–H groups in total. The molecule has 0 aromatic carbocycles. The summed E-state index contributed by atoms with van der Waals surface area (Å²) in [5.74, 6) is -0.149. The number of rotatable bonds is 0. The van der Waals surface area contributed by atoms with E-state index in [1.54, 1.807) is 7.05 Å². The molecule has 1 aliphatic rings. The predicted molar refractivity (Wildman–Crippen MR) is 30.3 cm³/mol. The summed E-state index contributed by atoms with van der Waals surface area (Å²) < 4.78 is 12.2. The third kappa shape index (κ3) is 1.38. The van der Waals surface area contributed by atoms with E-state index in [-0.39, 0.29) is 12.5 Å². The lowest BCUT2D eigenvalue weighted by Crippen LogP contribution is -2.45. The first-order chi connectivity index (χ1) is 4.20. The van der Waals surface area contributed by atoms with Gasteiger partial charge in [0.2, 0.25) is 5.91 Å². The van der Waals surface area contributed by atoms with Crippen molar-refractivity contribution in [2.24, 2.45) is 0 Å². The standard InChI is InChI=1S/C5H9FN2O/c1-7-2-3-8(6)4-5(7)9/h2-4H2,1H3. The van der Waals surface area contributed by atoms with E-state index in [4.69, 9.17) is 0 Å². The van der Waals surface area contributed by atoms with Crippen molar-refractivity contribution in [3.05, 3.63) is 0 Å². The van der Waals surface area contributed by atoms with Crippen LogP contribution in [0.15, 0.2) is 0 Å². The van der Waals surface area contributed by atoms with Crippen molar-refractivity contribution >= 4 is 5.91 Å². The number of likely N-dealkylation sites (N-methyl/N-ethyl adjacent to an activating group) is 1. The molecule has 0 aromatic rings. The number of nitrogens with zero attached hydrogens (tertiary/aromatic N) is 2. The Balaban J connectivity index is 2.44. The molecular formula is C5H9FN2O. The minimum Gasteiger partial charge on any atom is -0.343 e. The van der Waals surface area contributed by atoms with Gasteiger partial charge in [0.1, 0.15) is 6.54 Å². The van der Waals surface area contributed by atoms with Crippen LogP contribution in [0, 0.1) is 0 Å². The topological polar surface area (TPSA) is 23.6 Å². The number of carbonyl (C=O) groups is 1. The second-order valence-corrected chi connectivity index (χ2v) is 2.16. The highest BCUT2D eigenvalue weighted by Crippen LogP contribution is 1.99. The van der Waals surface area contributed by atoms with Gasteiger partial charge in [-0.2, -0.15) is 0 Å². The summed E-state index contributed by atoms with van der Waals surface area (Å²) >= 11 is 0. The van der Waals surface area contributed by atoms with Crippen LogP contribution < -0.4 is 0 Å². The molecule has 0 bridgehead atoms. The van der Waals surface area contributed by atoms with Crippen molar-refractivity contribution < 1.29 is 9.28 Å². The fourth-order valence-electron chi connectivity index (χ4n) is 0.730. The van der Waals surface area contributed by atoms with Crippen LogP contribution in [0.1, 0.15) is 0 Å². The zero-order valence-corrected chi connectivity index (χ0v) is 5.30. The van der Waals surface area contributed by atoms with Gasteiger partial charge in [0.15, 0.2) is 0 Å². The number of carbonyl (C=O) groups excluding carboxylic acids is 1. The molecule has 0 aromatic heterocycles. The van der Waals surface area contributed by atoms with E-state index in [9.17, 15) is 9.28 Å². The Morgan fingerprint density at radius 2 is 2.22 bits per heavy atom. The Hall–Kier alpha value is -0.640. The molecule has 52 valence electrons. The van der Waals surface area contributed by atoms with E-state index < -0.39 is 0 Å². The summed E-state index contributed by atoms with van der Waals surface area (Å²) in [5, 5.41) is 0.530. The molecule has 1 aliphatic heterocycles. The van der Waals surface area contributed by atoms with Gasteiger partial charge in [-0.3, -0.25) is 4.79 Å². The number of hydrogen-bond acceptors (Lipinski definition) is 2. The molecule has 1 saturated heterocycles. The van der Waals surface area contributed by atoms with Gasteiger partial charge in [-0.25, -0.2) is 0 Å². The van der Waals surface area contributed by atoms with Crippen molar-refractivity contribution in [2.45, 2.75) is 0 Å². The van der Waals surface area contributed by atoms with Gasteiger partial charge < -0.3 is 4.90 Å². The lowest BCUT2D eigenvalue weighted by atomic mass is 10.4. The van der Waals surface area contributed by atoms with E-state index >= 15 is 0 Å². The molecule has 0 spiro atoms. The van der Waals surface area contributed by atoms with Crippen LogP contribution >= 0.6 is 0 Å². The number of hydrogen-bond donors (Lipinski definition) is 0. The highest BCUT2D eigenvalue weighted by Gasteiger charge is 2.19. The maximum Gasteiger partial charge on any atom is 0.239 e. The molecular weight excluding hydrogens is 123 g/mol. The van der Waals surface area contributed by atoms with Crippen molar-refractivity contribution in [2.75, 3.05) is 26.7 Å². The van der Waals surface area contributed by atoms with E-state index in [2.05, 4.69) is 0 Å². The first-order valence-electron chi connectivity index (χ1n) is 2.85. The lowest BCUT2D eigenvalue weighted by molar-refractivity contribution is -0.142. The van der Waals surface area contributed by atoms with Crippen LogP contribution in [-0.2, 0) is 4.79 Å². The fraction of sp³-hybridized carbons (Fsp3) is 0.800. The average Bonchev–Trinajstić information content (AvgIpc) is 1.80. The molecule has 1 amide bonds. The Bertz CT molecular complexity index is 128. The number of amides is 1. The Morgan fingerprint density at radius 1 is 1.56 bits per heavy atom. The van der Waals surface area contributed by atoms with Crippen LogP contribution in [0.3, 0.4) is 0 Å². The van der Waals surface area contributed by atoms with Gasteiger partial charge in [0, 0.05) is 20.1 Å². The van der Waals surface area contributed by atoms with E-state index in [1.165, 1.54) is 4.90 Å². The maximum absolute atomic E-state index is 12.2. The number of piperazine rings is 1. The molecule has 0 aliphatic carbocycles. The highest BCUT2D eigenvalue weighted by atomic mass is 19.2. The molecule has 9 heavy (non-hydrogen) atoms. The predicted octanol–water partition coefficient (Wildman–Crippen LogP) is -0.355. The van der Waals surface area contributed by atoms with E-state index in [1.807, 2.05) is 0 Å². The quantitative estimate of drug-likeness (QED) is 0.420. The molecule has 1 heterocycles. The number of halogens is 1. The molecule has 4 heteroatoms. The van der Waals surface area contributed by atoms with Gasteiger partial charge in [-0.15, -0.1) is 9.60 Å². The minimum absolute atomic E-state index is 0.0868. The van der Waals surface area contributed by atoms with Crippen LogP contribution in [0.25, 0.3) is 0 Å². The third-order valence-electron chi connectivity index (χ3n) is 1.41. The molecule has 0 atom stereocenters. The Kier molecular flexibility index (Phi) is 1.66. The van der Waals surface area contributed by atoms with Crippen LogP contribution in [0.2, 0.25) is 0 Å². The summed E-state index contributed by atoms with van der Waals surface area (Å²) in [4.78, 5) is 12.2. The second-order valence-electron chi connectivity index (χ2n) is 2.16. The second kappa shape index (κ2) is 2.31. The highest BCUT2D eigenvalue weighted by molar-refractivity contribution is 5.78. The van der Waals surface area contributed by atoms with Gasteiger partial charge in [-0.05, 0) is 0 Å². The van der Waals surface area contributed by atoms with Gasteiger partial charge in [0.25, 0.3) is 0 Å². The largest absolute Gasteiger partial charge is 0.343 e. The Morgan fingerprint density at radius 3 is 2.67 bits per heavy atom. The first-order valence-corrected chi connectivity index (χ1v) is 2.85. The smallest absolute Gasteiger partial charge is 0.239 e. The maximum atomic E-state index is 12.2. The fourth-order valence-corrected chi connectivity index (χ4v) is 0.730. The van der Waals surface area contributed by atoms with Crippen LogP contribution in [-0.4, -0.2) is 42.6 Å². The monoisotopic (exact) mass is 132 g/mol. The average molecular weight is 132 g/mol. The van der Waals surface area contributed by atoms with Gasteiger partial charge >= 0.3 is 0 Å². The van der Waals surface area contributed by atoms with E-state index in [0.717, 1.165) is 0 Å². The molecule has 0 radical (unpaired) electrons. The van der Waals surface area contributed by atoms with Crippen LogP contribution in [0.4, 0.5) is 4.48 Å². The van der Waals surface area contributed by atoms with Crippen molar-refractivity contribution in [1.82, 2.24) is 10.0 Å². The third-order valence-corrected chi connectivity index (χ3v) is 1.41. The minimum atomic E-state index is -0.149. The van der Waals surface area contributed by atoms with Crippen LogP contribution in [0.5, 0.6) is 0 Å². The molecule has 1 rings (SSSR count). The zero-order chi connectivity index (χ0) is 6.85. The molecule has 1 fully saturated rings. The summed E-state index contributed by atoms with van der Waals surface area (Å²) in [6.07, 6.45) is 0. The van der Waals surface area contributed by atoms with Crippen molar-refractivity contribution in [3.8, 4) is 0 Å². The molecule has 3 nitrogen and oxygen atoms in total. The Labute approximate surface area is 53.0 Å². The summed E-state index contributed by atoms with van der Waals surface area (Å²) in [7, 11) is 1.68. The van der Waals surface area contributed by atoms with E-state index in [0.29, 0.717) is 18.2 Å². The summed E-state index contributed by atoms with van der Waals surface area (Å²) in [5.41, 5.74) is 0. The van der Waals surface area contributed by atoms with Gasteiger partial charge in [-0.1, -0.05) is 0 Å². The lowest BCUT2D eigenvalue weighted by Gasteiger charge is -2.25. The molecule has 0 unspecified atom stereocenters. The summed E-state index contributed by atoms with van der Waals surface area (Å²) in [6.45, 7) is 0.744. The first kappa shape index (κ1) is 6.48. The normalized spacial score (nSPS) is 22.9. The van der Waals surface area contributed by atoms with Crippen molar-refractivity contribution in [1.29, 1.82) is 0 Å². The SMILES string of the molecule is CN1CCN(F)CC1=O. The zero-order valence-electron chi connectivity index (χ0n) is 5.30. The van der Waals surface area contributed by atoms with Crippen molar-refractivity contribution in [3.63, 3.8) is 0 Å². The summed E-state index contributed by atoms with van der Waals surface area (Å²) in [6, 6.07) is 0.